The van der Waals surface area contributed by atoms with E-state index in [0.29, 0.717) is 16.4 Å². The average Bonchev–Trinajstić information content (AvgIpc) is 3.06. The molecule has 1 saturated heterocycles. The number of carbonyl (C=O) groups excluding carboxylic acids is 1. The zero-order valence-electron chi connectivity index (χ0n) is 13.0. The van der Waals surface area contributed by atoms with Crippen LogP contribution in [0.2, 0.25) is 5.15 Å². The van der Waals surface area contributed by atoms with Crippen LogP contribution in [0.3, 0.4) is 0 Å². The molecule has 3 rings (SSSR count). The molecule has 1 aliphatic heterocycles. The lowest BCUT2D eigenvalue weighted by molar-refractivity contribution is 0.0467. The number of hydrogen-bond donors (Lipinski definition) is 0. The van der Waals surface area contributed by atoms with Gasteiger partial charge in [0.15, 0.2) is 0 Å². The lowest BCUT2D eigenvalue weighted by Crippen LogP contribution is -2.19. The maximum atomic E-state index is 12.1. The number of halogens is 1. The highest BCUT2D eigenvalue weighted by molar-refractivity contribution is 6.29. The second-order valence-corrected chi connectivity index (χ2v) is 6.02. The summed E-state index contributed by atoms with van der Waals surface area (Å²) in [5, 5.41) is 0.396. The first-order chi connectivity index (χ1) is 11.1. The van der Waals surface area contributed by atoms with Gasteiger partial charge in [0.1, 0.15) is 17.6 Å². The number of ether oxygens (including phenoxy) is 1. The van der Waals surface area contributed by atoms with Crippen LogP contribution in [-0.2, 0) is 11.3 Å². The number of pyridine rings is 2. The van der Waals surface area contributed by atoms with E-state index < -0.39 is 5.97 Å². The van der Waals surface area contributed by atoms with Gasteiger partial charge in [-0.25, -0.2) is 14.8 Å². The Labute approximate surface area is 140 Å². The van der Waals surface area contributed by atoms with E-state index >= 15 is 0 Å². The molecule has 120 valence electrons. The van der Waals surface area contributed by atoms with Crippen molar-refractivity contribution in [1.82, 2.24) is 9.97 Å². The van der Waals surface area contributed by atoms with Gasteiger partial charge in [0, 0.05) is 19.3 Å². The molecule has 0 atom stereocenters. The van der Waals surface area contributed by atoms with Crippen molar-refractivity contribution in [1.29, 1.82) is 0 Å². The smallest absolute Gasteiger partial charge is 0.340 e. The summed E-state index contributed by atoms with van der Waals surface area (Å²) >= 11 is 5.90. The summed E-state index contributed by atoms with van der Waals surface area (Å²) in [4.78, 5) is 22.8. The molecular formula is C17H18ClN3O2. The number of aryl methyl sites for hydroxylation is 1. The van der Waals surface area contributed by atoms with Crippen molar-refractivity contribution in [2.24, 2.45) is 0 Å². The van der Waals surface area contributed by atoms with E-state index in [1.165, 1.54) is 12.8 Å². The first-order valence-electron chi connectivity index (χ1n) is 7.63. The van der Waals surface area contributed by atoms with Crippen molar-refractivity contribution in [3.63, 3.8) is 0 Å². The largest absolute Gasteiger partial charge is 0.456 e. The molecule has 2 aromatic heterocycles. The molecule has 0 amide bonds. The number of esters is 1. The van der Waals surface area contributed by atoms with Gasteiger partial charge in [-0.05, 0) is 49.6 Å². The molecular weight excluding hydrogens is 314 g/mol. The Hall–Kier alpha value is -2.14. The van der Waals surface area contributed by atoms with Gasteiger partial charge in [0.25, 0.3) is 0 Å². The maximum Gasteiger partial charge on any atom is 0.340 e. The van der Waals surface area contributed by atoms with Gasteiger partial charge in [0.2, 0.25) is 0 Å². The highest BCUT2D eigenvalue weighted by atomic mass is 35.5. The van der Waals surface area contributed by atoms with E-state index in [-0.39, 0.29) is 6.61 Å². The Morgan fingerprint density at radius 2 is 2.09 bits per heavy atom. The molecule has 1 aliphatic rings. The second-order valence-electron chi connectivity index (χ2n) is 5.63. The van der Waals surface area contributed by atoms with Crippen molar-refractivity contribution < 1.29 is 9.53 Å². The highest BCUT2D eigenvalue weighted by Gasteiger charge is 2.15. The minimum absolute atomic E-state index is 0.0914. The third kappa shape index (κ3) is 3.99. The second kappa shape index (κ2) is 6.96. The summed E-state index contributed by atoms with van der Waals surface area (Å²) in [6.07, 6.45) is 3.95. The van der Waals surface area contributed by atoms with E-state index in [1.807, 2.05) is 19.1 Å². The molecule has 0 aromatic carbocycles. The fourth-order valence-electron chi connectivity index (χ4n) is 2.63. The zero-order chi connectivity index (χ0) is 16.2. The first kappa shape index (κ1) is 15.7. The Bertz CT molecular complexity index is 677. The average molecular weight is 332 g/mol. The van der Waals surface area contributed by atoms with Crippen LogP contribution in [0.15, 0.2) is 30.5 Å². The summed E-state index contributed by atoms with van der Waals surface area (Å²) < 4.78 is 5.28. The summed E-state index contributed by atoms with van der Waals surface area (Å²) in [6.45, 7) is 4.06. The molecule has 2 aromatic rings. The fourth-order valence-corrected chi connectivity index (χ4v) is 2.91. The molecule has 5 nitrogen and oxygen atoms in total. The van der Waals surface area contributed by atoms with Crippen molar-refractivity contribution in [3.05, 3.63) is 52.4 Å². The molecule has 0 radical (unpaired) electrons. The quantitative estimate of drug-likeness (QED) is 0.635. The van der Waals surface area contributed by atoms with E-state index in [4.69, 9.17) is 16.3 Å². The minimum Gasteiger partial charge on any atom is -0.456 e. The Kier molecular flexibility index (Phi) is 4.76. The number of hydrogen-bond acceptors (Lipinski definition) is 5. The molecule has 0 N–H and O–H groups in total. The van der Waals surface area contributed by atoms with Crippen LogP contribution in [0.25, 0.3) is 0 Å². The number of carbonyl (C=O) groups is 1. The lowest BCUT2D eigenvalue weighted by Gasteiger charge is -2.16. The Balaban J connectivity index is 1.61. The van der Waals surface area contributed by atoms with Crippen LogP contribution in [0, 0.1) is 6.92 Å². The SMILES string of the molecule is Cc1cc(Cl)nc(COC(=O)c2ccc(N3CCCC3)nc2)c1. The van der Waals surface area contributed by atoms with Gasteiger partial charge in [-0.15, -0.1) is 0 Å². The summed E-state index contributed by atoms with van der Waals surface area (Å²) in [5.74, 6) is 0.496. The maximum absolute atomic E-state index is 12.1. The van der Waals surface area contributed by atoms with Crippen LogP contribution in [0.5, 0.6) is 0 Å². The number of anilines is 1. The van der Waals surface area contributed by atoms with Crippen molar-refractivity contribution in [2.45, 2.75) is 26.4 Å². The summed E-state index contributed by atoms with van der Waals surface area (Å²) in [7, 11) is 0. The third-order valence-corrected chi connectivity index (χ3v) is 3.95. The molecule has 0 bridgehead atoms. The lowest BCUT2D eigenvalue weighted by atomic mass is 10.2. The van der Waals surface area contributed by atoms with E-state index in [1.54, 1.807) is 18.3 Å². The molecule has 0 saturated carbocycles. The summed E-state index contributed by atoms with van der Waals surface area (Å²) in [5.41, 5.74) is 2.05. The Morgan fingerprint density at radius 1 is 1.30 bits per heavy atom. The molecule has 3 heterocycles. The van der Waals surface area contributed by atoms with Crippen molar-refractivity contribution in [2.75, 3.05) is 18.0 Å². The third-order valence-electron chi connectivity index (χ3n) is 3.76. The topological polar surface area (TPSA) is 55.3 Å². The van der Waals surface area contributed by atoms with E-state index in [0.717, 1.165) is 24.5 Å². The molecule has 6 heteroatoms. The highest BCUT2D eigenvalue weighted by Crippen LogP contribution is 2.18. The van der Waals surface area contributed by atoms with Crippen LogP contribution in [-0.4, -0.2) is 29.0 Å². The molecule has 23 heavy (non-hydrogen) atoms. The normalized spacial score (nSPS) is 14.1. The fraction of sp³-hybridized carbons (Fsp3) is 0.353. The van der Waals surface area contributed by atoms with Crippen LogP contribution < -0.4 is 4.90 Å². The molecule has 1 fully saturated rings. The van der Waals surface area contributed by atoms with E-state index in [9.17, 15) is 4.79 Å². The van der Waals surface area contributed by atoms with Gasteiger partial charge < -0.3 is 9.64 Å². The predicted octanol–water partition coefficient (Wildman–Crippen LogP) is 3.40. The molecule has 0 spiro atoms. The van der Waals surface area contributed by atoms with Crippen molar-refractivity contribution in [3.8, 4) is 0 Å². The number of rotatable bonds is 4. The van der Waals surface area contributed by atoms with Gasteiger partial charge in [-0.1, -0.05) is 11.6 Å². The predicted molar refractivity (Wildman–Crippen MR) is 88.8 cm³/mol. The number of nitrogens with zero attached hydrogens (tertiary/aromatic N) is 3. The molecule has 0 aliphatic carbocycles. The van der Waals surface area contributed by atoms with Crippen LogP contribution in [0.1, 0.15) is 34.5 Å². The van der Waals surface area contributed by atoms with Crippen molar-refractivity contribution >= 4 is 23.4 Å². The van der Waals surface area contributed by atoms with Gasteiger partial charge in [-0.3, -0.25) is 0 Å². The van der Waals surface area contributed by atoms with Crippen LogP contribution in [0.4, 0.5) is 5.82 Å². The first-order valence-corrected chi connectivity index (χ1v) is 8.01. The molecule has 0 unspecified atom stereocenters. The van der Waals surface area contributed by atoms with Gasteiger partial charge in [0.05, 0.1) is 11.3 Å². The van der Waals surface area contributed by atoms with Gasteiger partial charge in [-0.2, -0.15) is 0 Å². The standard InChI is InChI=1S/C17H18ClN3O2/c1-12-8-14(20-15(18)9-12)11-23-17(22)13-4-5-16(19-10-13)21-6-2-3-7-21/h4-5,8-10H,2-3,6-7,11H2,1H3. The van der Waals surface area contributed by atoms with Crippen LogP contribution >= 0.6 is 11.6 Å². The number of aromatic nitrogens is 2. The minimum atomic E-state index is -0.412. The Morgan fingerprint density at radius 3 is 2.74 bits per heavy atom. The van der Waals surface area contributed by atoms with Gasteiger partial charge >= 0.3 is 5.97 Å². The summed E-state index contributed by atoms with van der Waals surface area (Å²) in [6, 6.07) is 7.21. The zero-order valence-corrected chi connectivity index (χ0v) is 13.7. The van der Waals surface area contributed by atoms with E-state index in [2.05, 4.69) is 14.9 Å². The monoisotopic (exact) mass is 331 g/mol.